The summed E-state index contributed by atoms with van der Waals surface area (Å²) in [5, 5.41) is -0.500. The molecule has 0 aliphatic heterocycles. The summed E-state index contributed by atoms with van der Waals surface area (Å²) in [7, 11) is -1.10. The van der Waals surface area contributed by atoms with E-state index in [1.807, 2.05) is 27.7 Å². The highest BCUT2D eigenvalue weighted by molar-refractivity contribution is 7.50. The molecule has 0 aromatic heterocycles. The Kier molecular flexibility index (Phi) is 7.33. The topological polar surface area (TPSA) is 35.5 Å². The van der Waals surface area contributed by atoms with E-state index in [0.29, 0.717) is 13.2 Å². The Morgan fingerprint density at radius 2 is 1.53 bits per heavy atom. The van der Waals surface area contributed by atoms with E-state index in [9.17, 15) is 4.79 Å². The average molecular weight is 234 g/mol. The standard InChI is InChI=1S/C11H23O3P/c1-6-8-13-15(14-9-7-2)11(4,5)10(3)12/h6-9H2,1-5H3. The third-order valence-corrected chi connectivity index (χ3v) is 4.21. The number of hydrogen-bond donors (Lipinski definition) is 0. The molecule has 0 aromatic rings. The number of carbonyl (C=O) groups excluding carboxylic acids is 1. The predicted octanol–water partition coefficient (Wildman–Crippen LogP) is 3.52. The number of hydrogen-bond acceptors (Lipinski definition) is 3. The maximum atomic E-state index is 11.5. The minimum atomic E-state index is -1.10. The zero-order chi connectivity index (χ0) is 11.9. The molecule has 0 radical (unpaired) electrons. The molecule has 0 heterocycles. The van der Waals surface area contributed by atoms with Gasteiger partial charge in [0.05, 0.1) is 18.4 Å². The van der Waals surface area contributed by atoms with E-state index in [2.05, 4.69) is 0 Å². The molecule has 0 aliphatic carbocycles. The van der Waals surface area contributed by atoms with Crippen LogP contribution in [-0.4, -0.2) is 24.2 Å². The zero-order valence-electron chi connectivity index (χ0n) is 10.5. The number of carbonyl (C=O) groups is 1. The lowest BCUT2D eigenvalue weighted by molar-refractivity contribution is -0.119. The van der Waals surface area contributed by atoms with Gasteiger partial charge in [0.2, 0.25) is 0 Å². The molecule has 4 heteroatoms. The highest BCUT2D eigenvalue weighted by Crippen LogP contribution is 2.52. The first-order chi connectivity index (χ1) is 6.96. The molecular weight excluding hydrogens is 211 g/mol. The quantitative estimate of drug-likeness (QED) is 0.603. The van der Waals surface area contributed by atoms with Crippen molar-refractivity contribution in [2.75, 3.05) is 13.2 Å². The van der Waals surface area contributed by atoms with Gasteiger partial charge in [0.15, 0.2) is 8.38 Å². The van der Waals surface area contributed by atoms with Crippen LogP contribution in [0.4, 0.5) is 0 Å². The van der Waals surface area contributed by atoms with Crippen LogP contribution >= 0.6 is 8.38 Å². The van der Waals surface area contributed by atoms with E-state index in [4.69, 9.17) is 9.05 Å². The summed E-state index contributed by atoms with van der Waals surface area (Å²) >= 11 is 0. The van der Waals surface area contributed by atoms with Gasteiger partial charge in [-0.15, -0.1) is 0 Å². The van der Waals surface area contributed by atoms with E-state index in [1.54, 1.807) is 6.92 Å². The van der Waals surface area contributed by atoms with Gasteiger partial charge in [0.1, 0.15) is 5.78 Å². The SMILES string of the molecule is CCCOP(OCCC)C(C)(C)C(C)=O. The first kappa shape index (κ1) is 15.0. The largest absolute Gasteiger partial charge is 0.333 e. The second kappa shape index (κ2) is 7.32. The summed E-state index contributed by atoms with van der Waals surface area (Å²) in [6.45, 7) is 10.8. The van der Waals surface area contributed by atoms with E-state index >= 15 is 0 Å². The normalized spacial score (nSPS) is 12.1. The van der Waals surface area contributed by atoms with Crippen LogP contribution in [0.25, 0.3) is 0 Å². The van der Waals surface area contributed by atoms with Crippen LogP contribution in [0.2, 0.25) is 0 Å². The molecule has 0 N–H and O–H groups in total. The van der Waals surface area contributed by atoms with Crippen LogP contribution in [0.1, 0.15) is 47.5 Å². The molecule has 90 valence electrons. The number of ketones is 1. The summed E-state index contributed by atoms with van der Waals surface area (Å²) in [6, 6.07) is 0. The molecule has 0 aromatic carbocycles. The molecule has 0 spiro atoms. The van der Waals surface area contributed by atoms with Gasteiger partial charge in [-0.25, -0.2) is 0 Å². The van der Waals surface area contributed by atoms with Crippen LogP contribution in [0.3, 0.4) is 0 Å². The van der Waals surface area contributed by atoms with Gasteiger partial charge in [-0.05, 0) is 33.6 Å². The third-order valence-electron chi connectivity index (χ3n) is 2.14. The molecule has 0 saturated carbocycles. The third kappa shape index (κ3) is 5.05. The summed E-state index contributed by atoms with van der Waals surface area (Å²) in [6.07, 6.45) is 1.89. The van der Waals surface area contributed by atoms with Crippen molar-refractivity contribution in [1.29, 1.82) is 0 Å². The molecular formula is C11H23O3P. The molecule has 0 bridgehead atoms. The number of Topliss-reactive ketones (excluding diaryl/α,β-unsaturated/α-hetero) is 1. The lowest BCUT2D eigenvalue weighted by atomic mass is 10.1. The lowest BCUT2D eigenvalue weighted by Crippen LogP contribution is -2.29. The molecule has 0 aliphatic rings. The van der Waals surface area contributed by atoms with Crippen molar-refractivity contribution in [1.82, 2.24) is 0 Å². The van der Waals surface area contributed by atoms with Crippen LogP contribution in [0.5, 0.6) is 0 Å². The van der Waals surface area contributed by atoms with E-state index in [-0.39, 0.29) is 5.78 Å². The van der Waals surface area contributed by atoms with Gasteiger partial charge in [-0.1, -0.05) is 13.8 Å². The molecule has 0 rings (SSSR count). The van der Waals surface area contributed by atoms with Crippen molar-refractivity contribution < 1.29 is 13.8 Å². The van der Waals surface area contributed by atoms with Gasteiger partial charge >= 0.3 is 0 Å². The molecule has 0 amide bonds. The Balaban J connectivity index is 4.38. The van der Waals surface area contributed by atoms with Crippen molar-refractivity contribution in [2.24, 2.45) is 0 Å². The average Bonchev–Trinajstić information content (AvgIpc) is 2.17. The fraction of sp³-hybridized carbons (Fsp3) is 0.909. The van der Waals surface area contributed by atoms with Crippen molar-refractivity contribution in [3.63, 3.8) is 0 Å². The highest BCUT2D eigenvalue weighted by atomic mass is 31.2. The maximum Gasteiger partial charge on any atom is 0.184 e. The fourth-order valence-corrected chi connectivity index (χ4v) is 2.51. The molecule has 15 heavy (non-hydrogen) atoms. The van der Waals surface area contributed by atoms with Crippen molar-refractivity contribution in [3.05, 3.63) is 0 Å². The van der Waals surface area contributed by atoms with Crippen LogP contribution < -0.4 is 0 Å². The van der Waals surface area contributed by atoms with Gasteiger partial charge in [-0.2, -0.15) is 0 Å². The van der Waals surface area contributed by atoms with Crippen molar-refractivity contribution in [2.45, 2.75) is 52.6 Å². The Labute approximate surface area is 94.5 Å². The van der Waals surface area contributed by atoms with Crippen molar-refractivity contribution in [3.8, 4) is 0 Å². The Morgan fingerprint density at radius 1 is 1.13 bits per heavy atom. The Bertz CT molecular complexity index is 184. The summed E-state index contributed by atoms with van der Waals surface area (Å²) in [4.78, 5) is 11.5. The Morgan fingerprint density at radius 3 is 1.80 bits per heavy atom. The predicted molar refractivity (Wildman–Crippen MR) is 64.2 cm³/mol. The summed E-state index contributed by atoms with van der Waals surface area (Å²) < 4.78 is 11.3. The lowest BCUT2D eigenvalue weighted by Gasteiger charge is -2.30. The molecule has 0 unspecified atom stereocenters. The van der Waals surface area contributed by atoms with E-state index < -0.39 is 13.5 Å². The molecule has 0 atom stereocenters. The van der Waals surface area contributed by atoms with E-state index in [1.165, 1.54) is 0 Å². The molecule has 3 nitrogen and oxygen atoms in total. The molecule has 0 fully saturated rings. The van der Waals surface area contributed by atoms with Crippen molar-refractivity contribution >= 4 is 14.2 Å². The maximum absolute atomic E-state index is 11.5. The van der Waals surface area contributed by atoms with Gasteiger partial charge in [0, 0.05) is 0 Å². The Hall–Kier alpha value is 0.0200. The minimum Gasteiger partial charge on any atom is -0.333 e. The van der Waals surface area contributed by atoms with Gasteiger partial charge < -0.3 is 9.05 Å². The number of rotatable bonds is 8. The molecule has 0 saturated heterocycles. The minimum absolute atomic E-state index is 0.126. The monoisotopic (exact) mass is 234 g/mol. The fourth-order valence-electron chi connectivity index (χ4n) is 0.837. The van der Waals surface area contributed by atoms with Crippen LogP contribution in [0.15, 0.2) is 0 Å². The highest BCUT2D eigenvalue weighted by Gasteiger charge is 2.36. The first-order valence-corrected chi connectivity index (χ1v) is 6.71. The van der Waals surface area contributed by atoms with Gasteiger partial charge in [0.25, 0.3) is 0 Å². The smallest absolute Gasteiger partial charge is 0.184 e. The second-order valence-electron chi connectivity index (χ2n) is 4.04. The second-order valence-corrected chi connectivity index (χ2v) is 6.19. The van der Waals surface area contributed by atoms with E-state index in [0.717, 1.165) is 12.8 Å². The van der Waals surface area contributed by atoms with Crippen LogP contribution in [0, 0.1) is 0 Å². The summed E-state index contributed by atoms with van der Waals surface area (Å²) in [5.41, 5.74) is 0. The first-order valence-electron chi connectivity index (χ1n) is 5.53. The van der Waals surface area contributed by atoms with Crippen LogP contribution in [-0.2, 0) is 13.8 Å². The zero-order valence-corrected chi connectivity index (χ0v) is 11.4. The van der Waals surface area contributed by atoms with Gasteiger partial charge in [-0.3, -0.25) is 4.79 Å². The summed E-state index contributed by atoms with van der Waals surface area (Å²) in [5.74, 6) is 0.126.